The molecular weight excluding hydrogens is 378 g/mol. The van der Waals surface area contributed by atoms with Crippen LogP contribution in [0.1, 0.15) is 21.6 Å². The van der Waals surface area contributed by atoms with Crippen molar-refractivity contribution < 1.29 is 4.79 Å². The molecule has 1 saturated heterocycles. The molecule has 1 aliphatic heterocycles. The molecule has 0 spiro atoms. The van der Waals surface area contributed by atoms with Crippen molar-refractivity contribution in [2.75, 3.05) is 36.4 Å². The number of hydrogen-bond acceptors (Lipinski definition) is 5. The summed E-state index contributed by atoms with van der Waals surface area (Å²) in [5.74, 6) is -0.162. The molecule has 0 aliphatic carbocycles. The number of imidazole rings is 1. The lowest BCUT2D eigenvalue weighted by atomic mass is 10.1. The van der Waals surface area contributed by atoms with Crippen molar-refractivity contribution in [3.05, 3.63) is 53.6 Å². The highest BCUT2D eigenvalue weighted by Crippen LogP contribution is 2.30. The largest absolute Gasteiger partial charge is 0.368 e. The summed E-state index contributed by atoms with van der Waals surface area (Å²) < 4.78 is 3.71. The highest BCUT2D eigenvalue weighted by molar-refractivity contribution is 6.14. The highest BCUT2D eigenvalue weighted by atomic mass is 16.1. The first-order chi connectivity index (χ1) is 14.5. The Hall–Kier alpha value is -3.39. The second-order valence-electron chi connectivity index (χ2n) is 7.91. The Kier molecular flexibility index (Phi) is 4.43. The maximum Gasteiger partial charge on any atom is 0.257 e. The van der Waals surface area contributed by atoms with E-state index in [0.717, 1.165) is 65.4 Å². The molecule has 4 heterocycles. The number of carbonyl (C=O) groups excluding carboxylic acids is 1. The van der Waals surface area contributed by atoms with Crippen LogP contribution in [0.4, 0.5) is 11.4 Å². The van der Waals surface area contributed by atoms with Crippen LogP contribution in [-0.2, 0) is 7.05 Å². The molecule has 2 N–H and O–H groups in total. The summed E-state index contributed by atoms with van der Waals surface area (Å²) in [6, 6.07) is 5.91. The molecule has 8 nitrogen and oxygen atoms in total. The van der Waals surface area contributed by atoms with Crippen molar-refractivity contribution in [1.82, 2.24) is 24.5 Å². The number of benzene rings is 1. The smallest absolute Gasteiger partial charge is 0.257 e. The van der Waals surface area contributed by atoms with E-state index in [2.05, 4.69) is 25.6 Å². The number of aromatic nitrogens is 4. The average molecular weight is 403 g/mol. The van der Waals surface area contributed by atoms with Crippen LogP contribution in [0.3, 0.4) is 0 Å². The van der Waals surface area contributed by atoms with Gasteiger partial charge in [-0.15, -0.1) is 0 Å². The molecule has 30 heavy (non-hydrogen) atoms. The predicted octanol–water partition coefficient (Wildman–Crippen LogP) is 2.50. The van der Waals surface area contributed by atoms with E-state index in [1.54, 1.807) is 4.68 Å². The molecule has 3 aromatic heterocycles. The van der Waals surface area contributed by atoms with Gasteiger partial charge in [-0.25, -0.2) is 4.98 Å². The van der Waals surface area contributed by atoms with E-state index in [0.29, 0.717) is 5.56 Å². The van der Waals surface area contributed by atoms with Crippen LogP contribution in [0.2, 0.25) is 0 Å². The van der Waals surface area contributed by atoms with Gasteiger partial charge in [-0.2, -0.15) is 5.10 Å². The zero-order chi connectivity index (χ0) is 20.8. The quantitative estimate of drug-likeness (QED) is 0.550. The third-order valence-corrected chi connectivity index (χ3v) is 5.64. The van der Waals surface area contributed by atoms with Gasteiger partial charge >= 0.3 is 0 Å². The Labute approximate surface area is 174 Å². The lowest BCUT2D eigenvalue weighted by Crippen LogP contribution is -2.43. The molecule has 0 saturated carbocycles. The summed E-state index contributed by atoms with van der Waals surface area (Å²) in [5, 5.41) is 12.1. The van der Waals surface area contributed by atoms with Gasteiger partial charge in [0, 0.05) is 62.9 Å². The fraction of sp³-hybridized carbons (Fsp3) is 0.318. The Bertz CT molecular complexity index is 1260. The maximum absolute atomic E-state index is 13.2. The second kappa shape index (κ2) is 7.14. The van der Waals surface area contributed by atoms with Crippen LogP contribution in [0.25, 0.3) is 16.6 Å². The third kappa shape index (κ3) is 3.19. The van der Waals surface area contributed by atoms with Crippen molar-refractivity contribution in [1.29, 1.82) is 0 Å². The fourth-order valence-corrected chi connectivity index (χ4v) is 4.15. The number of nitrogens with zero attached hydrogens (tertiary/aromatic N) is 5. The van der Waals surface area contributed by atoms with E-state index in [4.69, 9.17) is 0 Å². The number of hydrogen-bond donors (Lipinski definition) is 2. The minimum atomic E-state index is -0.162. The molecule has 4 aromatic rings. The summed E-state index contributed by atoms with van der Waals surface area (Å²) in [5.41, 5.74) is 5.97. The maximum atomic E-state index is 13.2. The molecule has 0 unspecified atom stereocenters. The molecule has 0 radical (unpaired) electrons. The van der Waals surface area contributed by atoms with Gasteiger partial charge in [0.2, 0.25) is 0 Å². The first-order valence-electron chi connectivity index (χ1n) is 10.2. The SMILES string of the molecule is Cc1cn2cc(NC(=O)c3ccc(N4CCNCC4)c4cn(C)nc34)c(C)cc2n1. The van der Waals surface area contributed by atoms with Crippen LogP contribution in [0, 0.1) is 13.8 Å². The summed E-state index contributed by atoms with van der Waals surface area (Å²) in [6.45, 7) is 7.74. The highest BCUT2D eigenvalue weighted by Gasteiger charge is 2.20. The molecule has 0 bridgehead atoms. The minimum absolute atomic E-state index is 0.162. The zero-order valence-corrected chi connectivity index (χ0v) is 17.4. The Morgan fingerprint density at radius 3 is 2.73 bits per heavy atom. The second-order valence-corrected chi connectivity index (χ2v) is 7.91. The van der Waals surface area contributed by atoms with Crippen molar-refractivity contribution in [3.63, 3.8) is 0 Å². The van der Waals surface area contributed by atoms with E-state index in [1.807, 2.05) is 62.1 Å². The Balaban J connectivity index is 1.51. The van der Waals surface area contributed by atoms with Crippen molar-refractivity contribution in [3.8, 4) is 0 Å². The normalized spacial score (nSPS) is 14.6. The zero-order valence-electron chi connectivity index (χ0n) is 17.4. The van der Waals surface area contributed by atoms with Gasteiger partial charge in [0.25, 0.3) is 5.91 Å². The predicted molar refractivity (Wildman–Crippen MR) is 118 cm³/mol. The third-order valence-electron chi connectivity index (χ3n) is 5.64. The molecule has 1 fully saturated rings. The lowest BCUT2D eigenvalue weighted by Gasteiger charge is -2.30. The van der Waals surface area contributed by atoms with Crippen LogP contribution in [0.5, 0.6) is 0 Å². The van der Waals surface area contributed by atoms with Crippen LogP contribution < -0.4 is 15.5 Å². The fourth-order valence-electron chi connectivity index (χ4n) is 4.15. The van der Waals surface area contributed by atoms with Crippen molar-refractivity contribution >= 4 is 33.8 Å². The number of piperazine rings is 1. The number of pyridine rings is 1. The molecule has 5 rings (SSSR count). The molecule has 0 atom stereocenters. The van der Waals surface area contributed by atoms with Gasteiger partial charge < -0.3 is 19.9 Å². The molecule has 1 amide bonds. The molecular formula is C22H25N7O. The number of amides is 1. The van der Waals surface area contributed by atoms with E-state index in [9.17, 15) is 4.79 Å². The lowest BCUT2D eigenvalue weighted by molar-refractivity contribution is 0.102. The van der Waals surface area contributed by atoms with Gasteiger partial charge in [-0.05, 0) is 37.6 Å². The van der Waals surface area contributed by atoms with Gasteiger partial charge in [0.05, 0.1) is 16.9 Å². The van der Waals surface area contributed by atoms with E-state index in [1.165, 1.54) is 0 Å². The monoisotopic (exact) mass is 403 g/mol. The van der Waals surface area contributed by atoms with Gasteiger partial charge in [-0.3, -0.25) is 9.48 Å². The van der Waals surface area contributed by atoms with Crippen molar-refractivity contribution in [2.24, 2.45) is 7.05 Å². The summed E-state index contributed by atoms with van der Waals surface area (Å²) >= 11 is 0. The van der Waals surface area contributed by atoms with E-state index < -0.39 is 0 Å². The molecule has 154 valence electrons. The molecule has 1 aliphatic rings. The number of rotatable bonds is 3. The number of nitrogens with one attached hydrogen (secondary N) is 2. The number of anilines is 2. The summed E-state index contributed by atoms with van der Waals surface area (Å²) in [6.07, 6.45) is 5.85. The Morgan fingerprint density at radius 2 is 1.93 bits per heavy atom. The van der Waals surface area contributed by atoms with E-state index >= 15 is 0 Å². The van der Waals surface area contributed by atoms with Gasteiger partial charge in [-0.1, -0.05) is 0 Å². The number of aryl methyl sites for hydroxylation is 3. The van der Waals surface area contributed by atoms with Gasteiger partial charge in [0.1, 0.15) is 11.2 Å². The first kappa shape index (κ1) is 18.6. The number of fused-ring (bicyclic) bond motifs is 2. The molecule has 1 aromatic carbocycles. The summed E-state index contributed by atoms with van der Waals surface area (Å²) in [4.78, 5) is 20.0. The number of carbonyl (C=O) groups is 1. The minimum Gasteiger partial charge on any atom is -0.368 e. The van der Waals surface area contributed by atoms with Crippen LogP contribution >= 0.6 is 0 Å². The average Bonchev–Trinajstić information content (AvgIpc) is 3.28. The standard InChI is InChI=1S/C22H25N7O/c1-14-10-20-24-15(2)11-29(20)13-18(14)25-22(30)16-4-5-19(28-8-6-23-7-9-28)17-12-27(3)26-21(16)17/h4-5,10-13,23H,6-9H2,1-3H3,(H,25,30). The Morgan fingerprint density at radius 1 is 1.13 bits per heavy atom. The summed E-state index contributed by atoms with van der Waals surface area (Å²) in [7, 11) is 1.89. The first-order valence-corrected chi connectivity index (χ1v) is 10.2. The van der Waals surface area contributed by atoms with E-state index in [-0.39, 0.29) is 5.91 Å². The molecule has 8 heteroatoms. The van der Waals surface area contributed by atoms with Crippen LogP contribution in [0.15, 0.2) is 36.8 Å². The van der Waals surface area contributed by atoms with Crippen LogP contribution in [-0.4, -0.2) is 51.3 Å². The van der Waals surface area contributed by atoms with Gasteiger partial charge in [0.15, 0.2) is 0 Å². The van der Waals surface area contributed by atoms with Crippen molar-refractivity contribution in [2.45, 2.75) is 13.8 Å². The topological polar surface area (TPSA) is 79.5 Å².